The molecule has 1 aliphatic rings. The van der Waals surface area contributed by atoms with Crippen LogP contribution in [0.5, 0.6) is 11.5 Å². The number of hydrogen-bond acceptors (Lipinski definition) is 5. The Kier molecular flexibility index (Phi) is 8.90. The number of amides is 1. The third-order valence-corrected chi connectivity index (χ3v) is 7.76. The van der Waals surface area contributed by atoms with Crippen LogP contribution >= 0.6 is 0 Å². The zero-order chi connectivity index (χ0) is 24.7. The van der Waals surface area contributed by atoms with Gasteiger partial charge in [0.05, 0.1) is 25.0 Å². The molecule has 1 heterocycles. The number of benzene rings is 2. The number of rotatable bonds is 10. The molecule has 34 heavy (non-hydrogen) atoms. The molecule has 2 aromatic carbocycles. The molecule has 1 aliphatic heterocycles. The van der Waals surface area contributed by atoms with Gasteiger partial charge in [-0.25, -0.2) is 17.1 Å². The van der Waals surface area contributed by atoms with Crippen LogP contribution < -0.4 is 14.8 Å². The highest BCUT2D eigenvalue weighted by atomic mass is 32.2. The predicted molar refractivity (Wildman–Crippen MR) is 129 cm³/mol. The van der Waals surface area contributed by atoms with E-state index < -0.39 is 15.8 Å². The van der Waals surface area contributed by atoms with E-state index in [2.05, 4.69) is 5.32 Å². The quantitative estimate of drug-likeness (QED) is 0.541. The third-order valence-electron chi connectivity index (χ3n) is 5.91. The Morgan fingerprint density at radius 1 is 1.06 bits per heavy atom. The topological polar surface area (TPSA) is 84.9 Å². The van der Waals surface area contributed by atoms with E-state index in [9.17, 15) is 17.6 Å². The summed E-state index contributed by atoms with van der Waals surface area (Å²) >= 11 is 0. The van der Waals surface area contributed by atoms with Gasteiger partial charge in [-0.15, -0.1) is 0 Å². The van der Waals surface area contributed by atoms with Gasteiger partial charge in [0, 0.05) is 19.0 Å². The number of carbonyl (C=O) groups excluding carboxylic acids is 1. The number of halogens is 1. The number of ether oxygens (including phenoxy) is 2. The third kappa shape index (κ3) is 6.70. The van der Waals surface area contributed by atoms with Gasteiger partial charge in [0.2, 0.25) is 15.9 Å². The minimum Gasteiger partial charge on any atom is -0.490 e. The summed E-state index contributed by atoms with van der Waals surface area (Å²) in [6.07, 6.45) is 0.906. The second-order valence-corrected chi connectivity index (χ2v) is 10.3. The van der Waals surface area contributed by atoms with E-state index in [1.807, 2.05) is 39.0 Å². The number of nitrogens with zero attached hydrogens (tertiary/aromatic N) is 1. The molecule has 0 unspecified atom stereocenters. The molecule has 186 valence electrons. The molecule has 0 spiro atoms. The van der Waals surface area contributed by atoms with E-state index in [1.165, 1.54) is 28.6 Å². The van der Waals surface area contributed by atoms with Gasteiger partial charge in [0.1, 0.15) is 5.82 Å². The van der Waals surface area contributed by atoms with Crippen LogP contribution in [-0.4, -0.2) is 44.9 Å². The van der Waals surface area contributed by atoms with Gasteiger partial charge in [-0.1, -0.05) is 18.2 Å². The molecule has 0 aromatic heterocycles. The number of nitrogens with one attached hydrogen (secondary N) is 1. The van der Waals surface area contributed by atoms with E-state index in [-0.39, 0.29) is 36.7 Å². The van der Waals surface area contributed by atoms with Gasteiger partial charge in [0.25, 0.3) is 0 Å². The van der Waals surface area contributed by atoms with Crippen LogP contribution in [0.4, 0.5) is 4.39 Å². The van der Waals surface area contributed by atoms with Crippen molar-refractivity contribution in [3.05, 3.63) is 59.4 Å². The summed E-state index contributed by atoms with van der Waals surface area (Å²) in [5, 5.41) is 3.05. The first kappa shape index (κ1) is 26.0. The summed E-state index contributed by atoms with van der Waals surface area (Å²) in [4.78, 5) is 12.9. The molecule has 0 saturated carbocycles. The molecule has 1 amide bonds. The van der Waals surface area contributed by atoms with Crippen molar-refractivity contribution >= 4 is 15.9 Å². The summed E-state index contributed by atoms with van der Waals surface area (Å²) in [6, 6.07) is 10.9. The van der Waals surface area contributed by atoms with Gasteiger partial charge in [-0.05, 0) is 69.0 Å². The molecule has 9 heteroatoms. The van der Waals surface area contributed by atoms with E-state index in [0.717, 1.165) is 5.56 Å². The van der Waals surface area contributed by atoms with Gasteiger partial charge in [-0.2, -0.15) is 0 Å². The van der Waals surface area contributed by atoms with Crippen molar-refractivity contribution < 1.29 is 27.1 Å². The van der Waals surface area contributed by atoms with Gasteiger partial charge in [-0.3, -0.25) is 4.79 Å². The first-order valence-corrected chi connectivity index (χ1v) is 13.3. The first-order chi connectivity index (χ1) is 16.2. The van der Waals surface area contributed by atoms with Crippen LogP contribution in [0, 0.1) is 11.7 Å². The Morgan fingerprint density at radius 3 is 2.29 bits per heavy atom. The van der Waals surface area contributed by atoms with Gasteiger partial charge in [0.15, 0.2) is 11.5 Å². The molecule has 1 atom stereocenters. The van der Waals surface area contributed by atoms with Crippen LogP contribution in [0.25, 0.3) is 0 Å². The highest BCUT2D eigenvalue weighted by Gasteiger charge is 2.31. The van der Waals surface area contributed by atoms with Gasteiger partial charge >= 0.3 is 0 Å². The Balaban J connectivity index is 1.56. The van der Waals surface area contributed by atoms with Crippen LogP contribution in [-0.2, 0) is 20.6 Å². The highest BCUT2D eigenvalue weighted by Crippen LogP contribution is 2.31. The second-order valence-electron chi connectivity index (χ2n) is 8.36. The fourth-order valence-corrected chi connectivity index (χ4v) is 5.59. The number of piperidine rings is 1. The Hall–Kier alpha value is -2.65. The zero-order valence-electron chi connectivity index (χ0n) is 19.9. The van der Waals surface area contributed by atoms with Crippen LogP contribution in [0.15, 0.2) is 42.5 Å². The number of carbonyl (C=O) groups is 1. The van der Waals surface area contributed by atoms with E-state index in [0.29, 0.717) is 43.1 Å². The fraction of sp³-hybridized carbons (Fsp3) is 0.480. The Labute approximate surface area is 201 Å². The van der Waals surface area contributed by atoms with Crippen LogP contribution in [0.3, 0.4) is 0 Å². The SMILES string of the molecule is CCOc1ccc([C@@H](C)NC(=O)C2CCN(S(=O)(=O)Cc3ccc(F)cc3)CC2)cc1OCC. The summed E-state index contributed by atoms with van der Waals surface area (Å²) in [5.74, 6) is 0.384. The Morgan fingerprint density at radius 2 is 1.68 bits per heavy atom. The maximum Gasteiger partial charge on any atom is 0.223 e. The zero-order valence-corrected chi connectivity index (χ0v) is 20.7. The van der Waals surface area contributed by atoms with Crippen molar-refractivity contribution in [2.24, 2.45) is 5.92 Å². The second kappa shape index (κ2) is 11.7. The summed E-state index contributed by atoms with van der Waals surface area (Å²) in [6.45, 7) is 7.33. The fourth-order valence-electron chi connectivity index (χ4n) is 4.03. The van der Waals surface area contributed by atoms with Crippen LogP contribution in [0.2, 0.25) is 0 Å². The summed E-state index contributed by atoms with van der Waals surface area (Å²) < 4.78 is 51.3. The molecule has 1 fully saturated rings. The predicted octanol–water partition coefficient (Wildman–Crippen LogP) is 4.04. The molecular weight excluding hydrogens is 459 g/mol. The Bertz CT molecular complexity index is 1070. The van der Waals surface area contributed by atoms with Crippen molar-refractivity contribution in [2.45, 2.75) is 45.4 Å². The average molecular weight is 493 g/mol. The lowest BCUT2D eigenvalue weighted by atomic mass is 9.96. The normalized spacial score (nSPS) is 16.1. The maximum atomic E-state index is 13.1. The highest BCUT2D eigenvalue weighted by molar-refractivity contribution is 7.88. The number of hydrogen-bond donors (Lipinski definition) is 1. The summed E-state index contributed by atoms with van der Waals surface area (Å²) in [7, 11) is -3.53. The maximum absolute atomic E-state index is 13.1. The number of sulfonamides is 1. The molecule has 7 nitrogen and oxygen atoms in total. The van der Waals surface area contributed by atoms with Crippen molar-refractivity contribution in [3.8, 4) is 11.5 Å². The van der Waals surface area contributed by atoms with E-state index >= 15 is 0 Å². The van der Waals surface area contributed by atoms with E-state index in [4.69, 9.17) is 9.47 Å². The van der Waals surface area contributed by atoms with Gasteiger partial charge < -0.3 is 14.8 Å². The first-order valence-electron chi connectivity index (χ1n) is 11.7. The minimum atomic E-state index is -3.53. The smallest absolute Gasteiger partial charge is 0.223 e. The molecule has 1 saturated heterocycles. The molecule has 2 aromatic rings. The minimum absolute atomic E-state index is 0.0880. The molecule has 0 bridgehead atoms. The monoisotopic (exact) mass is 492 g/mol. The van der Waals surface area contributed by atoms with E-state index in [1.54, 1.807) is 0 Å². The molecule has 1 N–H and O–H groups in total. The standard InChI is InChI=1S/C25H33FN2O5S/c1-4-32-23-11-8-21(16-24(23)33-5-2)18(3)27-25(29)20-12-14-28(15-13-20)34(30,31)17-19-6-9-22(26)10-7-19/h6-11,16,18,20H,4-5,12-15,17H2,1-3H3,(H,27,29)/t18-/m1/s1. The molecule has 3 rings (SSSR count). The molecule has 0 aliphatic carbocycles. The lowest BCUT2D eigenvalue weighted by molar-refractivity contribution is -0.126. The lowest BCUT2D eigenvalue weighted by Crippen LogP contribution is -2.43. The largest absolute Gasteiger partial charge is 0.490 e. The molecular formula is C25H33FN2O5S. The average Bonchev–Trinajstić information content (AvgIpc) is 2.82. The van der Waals surface area contributed by atoms with Crippen molar-refractivity contribution in [3.63, 3.8) is 0 Å². The van der Waals surface area contributed by atoms with Crippen LogP contribution in [0.1, 0.15) is 50.8 Å². The lowest BCUT2D eigenvalue weighted by Gasteiger charge is -2.31. The van der Waals surface area contributed by atoms with Crippen molar-refractivity contribution in [1.82, 2.24) is 9.62 Å². The van der Waals surface area contributed by atoms with Crippen molar-refractivity contribution in [1.29, 1.82) is 0 Å². The van der Waals surface area contributed by atoms with Crippen molar-refractivity contribution in [2.75, 3.05) is 26.3 Å². The summed E-state index contributed by atoms with van der Waals surface area (Å²) in [5.41, 5.74) is 1.44. The molecule has 0 radical (unpaired) electrons.